The van der Waals surface area contributed by atoms with E-state index in [-0.39, 0.29) is 11.9 Å². The summed E-state index contributed by atoms with van der Waals surface area (Å²) in [5.41, 5.74) is 11.1. The van der Waals surface area contributed by atoms with Crippen LogP contribution in [0.1, 0.15) is 30.5 Å². The summed E-state index contributed by atoms with van der Waals surface area (Å²) in [5, 5.41) is 9.18. The van der Waals surface area contributed by atoms with E-state index in [0.29, 0.717) is 17.6 Å². The fourth-order valence-corrected chi connectivity index (χ4v) is 2.76. The van der Waals surface area contributed by atoms with Crippen molar-refractivity contribution in [1.82, 2.24) is 29.7 Å². The third-order valence-corrected chi connectivity index (χ3v) is 3.73. The fraction of sp³-hybridized carbons (Fsp3) is 0.500. The summed E-state index contributed by atoms with van der Waals surface area (Å²) < 4.78 is 2.17. The first-order chi connectivity index (χ1) is 9.13. The van der Waals surface area contributed by atoms with Crippen LogP contribution in [0.3, 0.4) is 0 Å². The molecule has 1 fully saturated rings. The van der Waals surface area contributed by atoms with Gasteiger partial charge in [-0.3, -0.25) is 0 Å². The summed E-state index contributed by atoms with van der Waals surface area (Å²) >= 11 is 1.53. The number of nitrogens with zero attached hydrogens (tertiary/aromatic N) is 6. The summed E-state index contributed by atoms with van der Waals surface area (Å²) in [6.45, 7) is 1.97. The average molecular weight is 278 g/mol. The molecular weight excluding hydrogens is 264 g/mol. The Balaban J connectivity index is 1.75. The van der Waals surface area contributed by atoms with Gasteiger partial charge in [0.1, 0.15) is 11.6 Å². The van der Waals surface area contributed by atoms with Gasteiger partial charge in [0, 0.05) is 6.04 Å². The Hall–Kier alpha value is -1.90. The number of aromatic nitrogens is 6. The average Bonchev–Trinajstić information content (AvgIpc) is 3.10. The fourth-order valence-electron chi connectivity index (χ4n) is 1.85. The molecule has 0 aliphatic heterocycles. The zero-order chi connectivity index (χ0) is 13.4. The lowest BCUT2D eigenvalue weighted by atomic mass is 10.6. The molecule has 2 aromatic rings. The Bertz CT molecular complexity index is 585. The molecule has 100 valence electrons. The first-order valence-electron chi connectivity index (χ1n) is 5.93. The standard InChI is InChI=1S/C10H14N8S/c1-5-16-17-10(18(5)6-2-3-6)19-4-7-13-8(11)15-9(12)14-7/h6H,2-4H2,1H3,(H4,11,12,13,14,15). The highest BCUT2D eigenvalue weighted by Crippen LogP contribution is 2.38. The van der Waals surface area contributed by atoms with Crippen LogP contribution >= 0.6 is 11.8 Å². The summed E-state index contributed by atoms with van der Waals surface area (Å²) in [6.07, 6.45) is 2.39. The van der Waals surface area contributed by atoms with Crippen LogP contribution in [-0.4, -0.2) is 29.7 Å². The zero-order valence-electron chi connectivity index (χ0n) is 10.4. The smallest absolute Gasteiger partial charge is 0.225 e. The van der Waals surface area contributed by atoms with Gasteiger partial charge >= 0.3 is 0 Å². The van der Waals surface area contributed by atoms with Crippen LogP contribution in [0.15, 0.2) is 5.16 Å². The highest BCUT2D eigenvalue weighted by molar-refractivity contribution is 7.98. The van der Waals surface area contributed by atoms with Gasteiger partial charge in [0.25, 0.3) is 0 Å². The molecule has 0 saturated heterocycles. The summed E-state index contributed by atoms with van der Waals surface area (Å²) in [6, 6.07) is 0.547. The van der Waals surface area contributed by atoms with Crippen LogP contribution in [0.5, 0.6) is 0 Å². The van der Waals surface area contributed by atoms with Gasteiger partial charge in [-0.05, 0) is 19.8 Å². The molecule has 4 N–H and O–H groups in total. The molecule has 19 heavy (non-hydrogen) atoms. The van der Waals surface area contributed by atoms with Crippen LogP contribution < -0.4 is 11.5 Å². The van der Waals surface area contributed by atoms with Crippen molar-refractivity contribution in [3.63, 3.8) is 0 Å². The van der Waals surface area contributed by atoms with Crippen molar-refractivity contribution in [2.45, 2.75) is 36.7 Å². The maximum absolute atomic E-state index is 5.54. The van der Waals surface area contributed by atoms with E-state index in [2.05, 4.69) is 29.7 Å². The van der Waals surface area contributed by atoms with Gasteiger partial charge < -0.3 is 16.0 Å². The second kappa shape index (κ2) is 4.65. The first kappa shape index (κ1) is 12.2. The van der Waals surface area contributed by atoms with Crippen molar-refractivity contribution in [1.29, 1.82) is 0 Å². The maximum Gasteiger partial charge on any atom is 0.225 e. The van der Waals surface area contributed by atoms with Gasteiger partial charge in [-0.25, -0.2) is 0 Å². The molecule has 0 atom stereocenters. The van der Waals surface area contributed by atoms with Gasteiger partial charge in [0.2, 0.25) is 11.9 Å². The number of anilines is 2. The van der Waals surface area contributed by atoms with Crippen LogP contribution in [0.25, 0.3) is 0 Å². The minimum Gasteiger partial charge on any atom is -0.368 e. The summed E-state index contributed by atoms with van der Waals surface area (Å²) in [4.78, 5) is 11.8. The molecule has 1 saturated carbocycles. The zero-order valence-corrected chi connectivity index (χ0v) is 11.3. The molecule has 0 unspecified atom stereocenters. The number of aryl methyl sites for hydroxylation is 1. The lowest BCUT2D eigenvalue weighted by Crippen LogP contribution is -2.06. The Morgan fingerprint density at radius 1 is 1.16 bits per heavy atom. The van der Waals surface area contributed by atoms with E-state index in [1.54, 1.807) is 0 Å². The number of thioether (sulfide) groups is 1. The lowest BCUT2D eigenvalue weighted by Gasteiger charge is -2.06. The number of hydrogen-bond donors (Lipinski definition) is 2. The highest BCUT2D eigenvalue weighted by Gasteiger charge is 2.28. The van der Waals surface area contributed by atoms with Gasteiger partial charge in [0.15, 0.2) is 5.16 Å². The predicted molar refractivity (Wildman–Crippen MR) is 71.2 cm³/mol. The second-order valence-corrected chi connectivity index (χ2v) is 5.33. The van der Waals surface area contributed by atoms with E-state index >= 15 is 0 Å². The minimum absolute atomic E-state index is 0.142. The van der Waals surface area contributed by atoms with Crippen LogP contribution in [0, 0.1) is 6.92 Å². The molecule has 0 amide bonds. The number of rotatable bonds is 4. The quantitative estimate of drug-likeness (QED) is 0.778. The number of nitrogens with two attached hydrogens (primary N) is 2. The first-order valence-corrected chi connectivity index (χ1v) is 6.92. The summed E-state index contributed by atoms with van der Waals surface area (Å²) in [5.74, 6) is 2.32. The van der Waals surface area contributed by atoms with Crippen molar-refractivity contribution in [3.8, 4) is 0 Å². The van der Waals surface area contributed by atoms with Gasteiger partial charge in [-0.2, -0.15) is 15.0 Å². The normalized spacial score (nSPS) is 14.8. The molecule has 0 radical (unpaired) electrons. The molecule has 3 rings (SSSR count). The molecule has 0 aromatic carbocycles. The molecule has 2 heterocycles. The largest absolute Gasteiger partial charge is 0.368 e. The number of nitrogen functional groups attached to an aromatic ring is 2. The lowest BCUT2D eigenvalue weighted by molar-refractivity contribution is 0.644. The van der Waals surface area contributed by atoms with Gasteiger partial charge in [-0.15, -0.1) is 10.2 Å². The third kappa shape index (κ3) is 2.60. The molecular formula is C10H14N8S. The molecule has 0 bridgehead atoms. The van der Waals surface area contributed by atoms with E-state index in [9.17, 15) is 0 Å². The van der Waals surface area contributed by atoms with Crippen molar-refractivity contribution >= 4 is 23.7 Å². The molecule has 0 spiro atoms. The van der Waals surface area contributed by atoms with Gasteiger partial charge in [0.05, 0.1) is 5.75 Å². The highest BCUT2D eigenvalue weighted by atomic mass is 32.2. The van der Waals surface area contributed by atoms with E-state index in [1.807, 2.05) is 6.92 Å². The number of hydrogen-bond acceptors (Lipinski definition) is 8. The predicted octanol–water partition coefficient (Wildman–Crippen LogP) is 0.563. The van der Waals surface area contributed by atoms with Gasteiger partial charge in [-0.1, -0.05) is 11.8 Å². The van der Waals surface area contributed by atoms with E-state index in [0.717, 1.165) is 11.0 Å². The Morgan fingerprint density at radius 2 is 1.84 bits per heavy atom. The minimum atomic E-state index is 0.142. The van der Waals surface area contributed by atoms with E-state index in [1.165, 1.54) is 24.6 Å². The van der Waals surface area contributed by atoms with E-state index in [4.69, 9.17) is 11.5 Å². The monoisotopic (exact) mass is 278 g/mol. The Morgan fingerprint density at radius 3 is 2.47 bits per heavy atom. The van der Waals surface area contributed by atoms with Crippen LogP contribution in [0.4, 0.5) is 11.9 Å². The van der Waals surface area contributed by atoms with Crippen molar-refractivity contribution < 1.29 is 0 Å². The maximum atomic E-state index is 5.54. The molecule has 8 nitrogen and oxygen atoms in total. The second-order valence-electron chi connectivity index (χ2n) is 4.39. The topological polar surface area (TPSA) is 121 Å². The van der Waals surface area contributed by atoms with Crippen molar-refractivity contribution in [3.05, 3.63) is 11.6 Å². The molecule has 9 heteroatoms. The van der Waals surface area contributed by atoms with E-state index < -0.39 is 0 Å². The summed E-state index contributed by atoms with van der Waals surface area (Å²) in [7, 11) is 0. The molecule has 1 aliphatic rings. The van der Waals surface area contributed by atoms with Crippen molar-refractivity contribution in [2.24, 2.45) is 0 Å². The Labute approximate surface area is 114 Å². The Kier molecular flexibility index (Phi) is 2.97. The third-order valence-electron chi connectivity index (χ3n) is 2.79. The van der Waals surface area contributed by atoms with Crippen LogP contribution in [0.2, 0.25) is 0 Å². The molecule has 2 aromatic heterocycles. The SMILES string of the molecule is Cc1nnc(SCc2nc(N)nc(N)n2)n1C1CC1. The van der Waals surface area contributed by atoms with Crippen LogP contribution in [-0.2, 0) is 5.75 Å². The van der Waals surface area contributed by atoms with Crippen molar-refractivity contribution in [2.75, 3.05) is 11.5 Å². The molecule has 1 aliphatic carbocycles.